The fourth-order valence-corrected chi connectivity index (χ4v) is 2.78. The number of hydrogen-bond donors (Lipinski definition) is 1. The Bertz CT molecular complexity index is 738. The molecule has 3 rings (SSSR count). The van der Waals surface area contributed by atoms with Gasteiger partial charge in [0, 0.05) is 23.3 Å². The minimum absolute atomic E-state index is 0.0779. The molecule has 0 saturated heterocycles. The summed E-state index contributed by atoms with van der Waals surface area (Å²) in [4.78, 5) is 11.0. The number of ether oxygens (including phenoxy) is 2. The second-order valence-corrected chi connectivity index (χ2v) is 5.61. The van der Waals surface area contributed by atoms with E-state index < -0.39 is 5.97 Å². The first-order valence-electron chi connectivity index (χ1n) is 6.81. The van der Waals surface area contributed by atoms with Crippen molar-refractivity contribution in [2.75, 3.05) is 13.2 Å². The van der Waals surface area contributed by atoms with E-state index in [-0.39, 0.29) is 11.7 Å². The first kappa shape index (κ1) is 14.7. The van der Waals surface area contributed by atoms with Crippen molar-refractivity contribution in [3.8, 4) is 22.8 Å². The second kappa shape index (κ2) is 5.53. The van der Waals surface area contributed by atoms with Gasteiger partial charge in [-0.1, -0.05) is 30.6 Å². The summed E-state index contributed by atoms with van der Waals surface area (Å²) in [6.45, 7) is 4.90. The Hall–Kier alpha value is -2.21. The van der Waals surface area contributed by atoms with Crippen LogP contribution in [0.1, 0.15) is 35.9 Å². The van der Waals surface area contributed by atoms with Gasteiger partial charge < -0.3 is 19.1 Å². The maximum Gasteiger partial charge on any atom is 0.374 e. The topological polar surface area (TPSA) is 81.8 Å². The van der Waals surface area contributed by atoms with Gasteiger partial charge in [0.1, 0.15) is 18.9 Å². The van der Waals surface area contributed by atoms with E-state index in [2.05, 4.69) is 5.16 Å². The van der Waals surface area contributed by atoms with E-state index in [4.69, 9.17) is 30.7 Å². The fraction of sp³-hybridized carbons (Fsp3) is 0.333. The van der Waals surface area contributed by atoms with Crippen LogP contribution in [0.3, 0.4) is 0 Å². The van der Waals surface area contributed by atoms with Gasteiger partial charge in [-0.05, 0) is 5.92 Å². The normalized spacial score (nSPS) is 13.5. The Morgan fingerprint density at radius 1 is 1.32 bits per heavy atom. The molecule has 0 atom stereocenters. The van der Waals surface area contributed by atoms with Crippen molar-refractivity contribution in [2.45, 2.75) is 19.8 Å². The van der Waals surface area contributed by atoms with Crippen molar-refractivity contribution in [3.63, 3.8) is 0 Å². The van der Waals surface area contributed by atoms with E-state index in [1.54, 1.807) is 6.07 Å². The molecule has 116 valence electrons. The van der Waals surface area contributed by atoms with Gasteiger partial charge in [-0.15, -0.1) is 0 Å². The highest BCUT2D eigenvalue weighted by Crippen LogP contribution is 2.47. The molecule has 0 spiro atoms. The van der Waals surface area contributed by atoms with E-state index in [1.165, 1.54) is 6.07 Å². The molecular formula is C15H14ClNO5. The number of hydrogen-bond acceptors (Lipinski definition) is 5. The number of carboxylic acid groups (broad SMARTS) is 1. The molecule has 0 saturated carbocycles. The van der Waals surface area contributed by atoms with Crippen molar-refractivity contribution in [1.82, 2.24) is 5.16 Å². The van der Waals surface area contributed by atoms with Gasteiger partial charge >= 0.3 is 5.97 Å². The summed E-state index contributed by atoms with van der Waals surface area (Å²) >= 11 is 6.37. The van der Waals surface area contributed by atoms with Crippen LogP contribution >= 0.6 is 11.6 Å². The first-order valence-corrected chi connectivity index (χ1v) is 7.19. The van der Waals surface area contributed by atoms with E-state index in [1.807, 2.05) is 13.8 Å². The highest BCUT2D eigenvalue weighted by molar-refractivity contribution is 6.33. The molecule has 2 heterocycles. The molecule has 1 aromatic heterocycles. The highest BCUT2D eigenvalue weighted by Gasteiger charge is 2.27. The number of carboxylic acids is 1. The van der Waals surface area contributed by atoms with Crippen molar-refractivity contribution in [1.29, 1.82) is 0 Å². The molecule has 0 unspecified atom stereocenters. The number of fused-ring (bicyclic) bond motifs is 1. The third kappa shape index (κ3) is 2.39. The molecule has 1 aliphatic rings. The Morgan fingerprint density at radius 3 is 2.68 bits per heavy atom. The summed E-state index contributed by atoms with van der Waals surface area (Å²) in [6.07, 6.45) is 0. The van der Waals surface area contributed by atoms with Crippen molar-refractivity contribution < 1.29 is 23.9 Å². The van der Waals surface area contributed by atoms with Gasteiger partial charge in [0.15, 0.2) is 11.5 Å². The van der Waals surface area contributed by atoms with E-state index in [0.29, 0.717) is 41.0 Å². The lowest BCUT2D eigenvalue weighted by Gasteiger charge is -2.25. The largest absolute Gasteiger partial charge is 0.486 e. The van der Waals surface area contributed by atoms with Gasteiger partial charge in [0.25, 0.3) is 0 Å². The molecule has 1 aromatic carbocycles. The van der Waals surface area contributed by atoms with Crippen LogP contribution in [0, 0.1) is 0 Å². The monoisotopic (exact) mass is 323 g/mol. The number of benzene rings is 1. The molecule has 6 nitrogen and oxygen atoms in total. The summed E-state index contributed by atoms with van der Waals surface area (Å²) < 4.78 is 16.1. The molecule has 0 radical (unpaired) electrons. The number of aromatic carboxylic acids is 1. The molecule has 0 bridgehead atoms. The van der Waals surface area contributed by atoms with Gasteiger partial charge in [-0.2, -0.15) is 0 Å². The zero-order valence-electron chi connectivity index (χ0n) is 12.1. The van der Waals surface area contributed by atoms with Crippen LogP contribution in [0.5, 0.6) is 11.5 Å². The van der Waals surface area contributed by atoms with E-state index in [9.17, 15) is 4.79 Å². The van der Waals surface area contributed by atoms with Crippen molar-refractivity contribution in [2.24, 2.45) is 0 Å². The van der Waals surface area contributed by atoms with Crippen LogP contribution in [0.4, 0.5) is 0 Å². The van der Waals surface area contributed by atoms with Crippen molar-refractivity contribution >= 4 is 17.6 Å². The minimum atomic E-state index is -1.18. The van der Waals surface area contributed by atoms with Crippen LogP contribution < -0.4 is 9.47 Å². The number of carbonyl (C=O) groups is 1. The SMILES string of the molecule is CC(C)c1c2c(cc(Cl)c1-c1cc(C(=O)O)on1)OCCO2. The molecular weight excluding hydrogens is 310 g/mol. The van der Waals surface area contributed by atoms with E-state index >= 15 is 0 Å². The Balaban J connectivity index is 2.23. The minimum Gasteiger partial charge on any atom is -0.486 e. The summed E-state index contributed by atoms with van der Waals surface area (Å²) in [7, 11) is 0. The number of halogens is 1. The van der Waals surface area contributed by atoms with Gasteiger partial charge in [0.05, 0.1) is 5.02 Å². The molecule has 0 aliphatic carbocycles. The van der Waals surface area contributed by atoms with Gasteiger partial charge in [0.2, 0.25) is 5.76 Å². The lowest BCUT2D eigenvalue weighted by Crippen LogP contribution is -2.17. The fourth-order valence-electron chi connectivity index (χ4n) is 2.48. The number of rotatable bonds is 3. The first-order chi connectivity index (χ1) is 10.5. The maximum absolute atomic E-state index is 11.0. The third-order valence-corrected chi connectivity index (χ3v) is 3.67. The molecule has 2 aromatic rings. The predicted molar refractivity (Wildman–Crippen MR) is 79.0 cm³/mol. The number of aromatic nitrogens is 1. The average molecular weight is 324 g/mol. The lowest BCUT2D eigenvalue weighted by molar-refractivity contribution is 0.0652. The third-order valence-electron chi connectivity index (χ3n) is 3.38. The molecule has 0 amide bonds. The molecule has 1 N–H and O–H groups in total. The van der Waals surface area contributed by atoms with Crippen LogP contribution in [0.25, 0.3) is 11.3 Å². The summed E-state index contributed by atoms with van der Waals surface area (Å²) in [6, 6.07) is 3.01. The summed E-state index contributed by atoms with van der Waals surface area (Å²) in [5.74, 6) is -0.130. The summed E-state index contributed by atoms with van der Waals surface area (Å²) in [5, 5.41) is 13.2. The van der Waals surface area contributed by atoms with Gasteiger partial charge in [-0.25, -0.2) is 4.79 Å². The average Bonchev–Trinajstić information content (AvgIpc) is 2.95. The smallest absolute Gasteiger partial charge is 0.374 e. The molecule has 0 fully saturated rings. The van der Waals surface area contributed by atoms with Crippen LogP contribution in [-0.2, 0) is 0 Å². The zero-order valence-corrected chi connectivity index (χ0v) is 12.8. The van der Waals surface area contributed by atoms with Crippen LogP contribution in [0.2, 0.25) is 5.02 Å². The van der Waals surface area contributed by atoms with Crippen LogP contribution in [0.15, 0.2) is 16.7 Å². The zero-order chi connectivity index (χ0) is 15.9. The molecule has 7 heteroatoms. The Morgan fingerprint density at radius 2 is 2.05 bits per heavy atom. The molecule has 1 aliphatic heterocycles. The van der Waals surface area contributed by atoms with Gasteiger partial charge in [-0.3, -0.25) is 0 Å². The van der Waals surface area contributed by atoms with E-state index in [0.717, 1.165) is 5.56 Å². The quantitative estimate of drug-likeness (QED) is 0.929. The Labute approximate surface area is 131 Å². The standard InChI is InChI=1S/C15H14ClNO5/c1-7(2)12-13(9-6-11(15(18)19)22-17-9)8(16)5-10-14(12)21-4-3-20-10/h5-7H,3-4H2,1-2H3,(H,18,19). The number of nitrogens with zero attached hydrogens (tertiary/aromatic N) is 1. The predicted octanol–water partition coefficient (Wildman–Crippen LogP) is 3.59. The lowest BCUT2D eigenvalue weighted by atomic mass is 9.93. The summed E-state index contributed by atoms with van der Waals surface area (Å²) in [5.41, 5.74) is 1.80. The highest BCUT2D eigenvalue weighted by atomic mass is 35.5. The van der Waals surface area contributed by atoms with Crippen LogP contribution in [-0.4, -0.2) is 29.4 Å². The Kier molecular flexibility index (Phi) is 3.70. The van der Waals surface area contributed by atoms with Crippen molar-refractivity contribution in [3.05, 3.63) is 28.5 Å². The second-order valence-electron chi connectivity index (χ2n) is 5.21. The molecule has 22 heavy (non-hydrogen) atoms. The maximum atomic E-state index is 11.0.